The molecule has 1 saturated carbocycles. The maximum absolute atomic E-state index is 12.2. The second-order valence-electron chi connectivity index (χ2n) is 6.87. The van der Waals surface area contributed by atoms with Gasteiger partial charge in [-0.2, -0.15) is 0 Å². The van der Waals surface area contributed by atoms with Crippen molar-refractivity contribution < 1.29 is 13.2 Å². The second-order valence-corrected chi connectivity index (χ2v) is 11.2. The molecule has 0 spiro atoms. The Morgan fingerprint density at radius 1 is 1.23 bits per heavy atom. The normalized spacial score (nSPS) is 19.6. The summed E-state index contributed by atoms with van der Waals surface area (Å²) in [4.78, 5) is 14.4. The lowest BCUT2D eigenvalue weighted by atomic mass is 9.96. The molecule has 1 aliphatic heterocycles. The number of piperidine rings is 1. The smallest absolute Gasteiger partial charge is 0.253 e. The number of carbonyl (C=O) groups excluding carboxylic acids is 1. The van der Waals surface area contributed by atoms with E-state index in [1.54, 1.807) is 6.07 Å². The van der Waals surface area contributed by atoms with Crippen molar-refractivity contribution in [2.45, 2.75) is 30.9 Å². The van der Waals surface area contributed by atoms with Gasteiger partial charge in [0.2, 0.25) is 10.0 Å². The van der Waals surface area contributed by atoms with E-state index < -0.39 is 10.0 Å². The van der Waals surface area contributed by atoms with E-state index in [0.717, 1.165) is 45.3 Å². The largest absolute Gasteiger partial charge is 0.352 e. The molecule has 6 nitrogen and oxygen atoms in total. The Morgan fingerprint density at radius 3 is 2.50 bits per heavy atom. The SMILES string of the molecule is O=C(NCC1CCN(CCNS(=O)(=O)C2CC2)CC1)c1cc(Cl)sc1Cl. The zero-order chi connectivity index (χ0) is 18.7. The van der Waals surface area contributed by atoms with Gasteiger partial charge in [-0.1, -0.05) is 23.2 Å². The summed E-state index contributed by atoms with van der Waals surface area (Å²) in [7, 11) is -3.09. The molecule has 2 aliphatic rings. The highest BCUT2D eigenvalue weighted by molar-refractivity contribution is 7.90. The molecule has 3 rings (SSSR count). The summed E-state index contributed by atoms with van der Waals surface area (Å²) in [6, 6.07) is 1.59. The average molecular weight is 440 g/mol. The highest BCUT2D eigenvalue weighted by Gasteiger charge is 2.35. The van der Waals surface area contributed by atoms with Crippen LogP contribution in [0.4, 0.5) is 0 Å². The van der Waals surface area contributed by atoms with E-state index in [9.17, 15) is 13.2 Å². The highest BCUT2D eigenvalue weighted by Crippen LogP contribution is 2.31. The van der Waals surface area contributed by atoms with Crippen LogP contribution in [0.25, 0.3) is 0 Å². The van der Waals surface area contributed by atoms with Crippen molar-refractivity contribution in [1.82, 2.24) is 14.9 Å². The fourth-order valence-corrected chi connectivity index (χ4v) is 5.91. The van der Waals surface area contributed by atoms with Gasteiger partial charge in [-0.3, -0.25) is 4.79 Å². The van der Waals surface area contributed by atoms with Crippen molar-refractivity contribution in [3.05, 3.63) is 20.3 Å². The highest BCUT2D eigenvalue weighted by atomic mass is 35.5. The molecule has 0 atom stereocenters. The minimum Gasteiger partial charge on any atom is -0.352 e. The number of nitrogens with one attached hydrogen (secondary N) is 2. The molecule has 2 N–H and O–H groups in total. The number of amides is 1. The summed E-state index contributed by atoms with van der Waals surface area (Å²) in [6.07, 6.45) is 3.53. The summed E-state index contributed by atoms with van der Waals surface area (Å²) < 4.78 is 27.2. The Hall–Kier alpha value is -0.380. The lowest BCUT2D eigenvalue weighted by molar-refractivity contribution is 0.0937. The summed E-state index contributed by atoms with van der Waals surface area (Å²) >= 11 is 13.1. The summed E-state index contributed by atoms with van der Waals surface area (Å²) in [5.74, 6) is 0.237. The third-order valence-corrected chi connectivity index (χ3v) is 8.30. The van der Waals surface area contributed by atoms with E-state index in [4.69, 9.17) is 23.2 Å². The van der Waals surface area contributed by atoms with Crippen molar-refractivity contribution in [3.63, 3.8) is 0 Å². The summed E-state index contributed by atoms with van der Waals surface area (Å²) in [5, 5.41) is 2.77. The first-order chi connectivity index (χ1) is 12.3. The Balaban J connectivity index is 1.33. The van der Waals surface area contributed by atoms with Crippen LogP contribution in [0.2, 0.25) is 8.67 Å². The van der Waals surface area contributed by atoms with E-state index >= 15 is 0 Å². The van der Waals surface area contributed by atoms with Gasteiger partial charge in [-0.25, -0.2) is 13.1 Å². The number of nitrogens with zero attached hydrogens (tertiary/aromatic N) is 1. The third-order valence-electron chi connectivity index (χ3n) is 4.85. The van der Waals surface area contributed by atoms with Crippen molar-refractivity contribution >= 4 is 50.5 Å². The van der Waals surface area contributed by atoms with Crippen LogP contribution in [0.3, 0.4) is 0 Å². The van der Waals surface area contributed by atoms with Crippen LogP contribution in [0.5, 0.6) is 0 Å². The van der Waals surface area contributed by atoms with Gasteiger partial charge in [-0.15, -0.1) is 11.3 Å². The van der Waals surface area contributed by atoms with Gasteiger partial charge in [0, 0.05) is 19.6 Å². The zero-order valence-electron chi connectivity index (χ0n) is 14.3. The minimum absolute atomic E-state index is 0.163. The maximum atomic E-state index is 12.2. The first-order valence-corrected chi connectivity index (χ1v) is 11.9. The van der Waals surface area contributed by atoms with Gasteiger partial charge >= 0.3 is 0 Å². The van der Waals surface area contributed by atoms with Crippen LogP contribution in [0.15, 0.2) is 6.07 Å². The van der Waals surface area contributed by atoms with Gasteiger partial charge in [-0.05, 0) is 50.8 Å². The number of sulfonamides is 1. The summed E-state index contributed by atoms with van der Waals surface area (Å²) in [6.45, 7) is 3.64. The molecule has 2 heterocycles. The average Bonchev–Trinajstić information content (AvgIpc) is 3.39. The molecule has 0 aromatic carbocycles. The van der Waals surface area contributed by atoms with Crippen molar-refractivity contribution in [3.8, 4) is 0 Å². The van der Waals surface area contributed by atoms with Crippen LogP contribution in [0.1, 0.15) is 36.0 Å². The van der Waals surface area contributed by atoms with E-state index in [-0.39, 0.29) is 11.2 Å². The maximum Gasteiger partial charge on any atom is 0.253 e. The third kappa shape index (κ3) is 5.56. The predicted molar refractivity (Wildman–Crippen MR) is 106 cm³/mol. The first kappa shape index (κ1) is 20.4. The minimum atomic E-state index is -3.09. The molecule has 26 heavy (non-hydrogen) atoms. The molecule has 0 bridgehead atoms. The predicted octanol–water partition coefficient (Wildman–Crippen LogP) is 2.58. The molecule has 1 amide bonds. The topological polar surface area (TPSA) is 78.5 Å². The van der Waals surface area contributed by atoms with Gasteiger partial charge in [0.15, 0.2) is 0 Å². The van der Waals surface area contributed by atoms with Gasteiger partial charge < -0.3 is 10.2 Å². The number of hydrogen-bond acceptors (Lipinski definition) is 5. The van der Waals surface area contributed by atoms with Gasteiger partial charge in [0.05, 0.1) is 15.1 Å². The number of hydrogen-bond donors (Lipinski definition) is 2. The van der Waals surface area contributed by atoms with Crippen LogP contribution >= 0.6 is 34.5 Å². The Morgan fingerprint density at radius 2 is 1.92 bits per heavy atom. The lowest BCUT2D eigenvalue weighted by Crippen LogP contribution is -2.42. The van der Waals surface area contributed by atoms with Crippen LogP contribution in [-0.4, -0.2) is 57.2 Å². The molecule has 10 heteroatoms. The molecule has 0 radical (unpaired) electrons. The number of carbonyl (C=O) groups is 1. The fourth-order valence-electron chi connectivity index (χ4n) is 3.08. The molecule has 1 aromatic rings. The van der Waals surface area contributed by atoms with Crippen molar-refractivity contribution in [2.24, 2.45) is 5.92 Å². The quantitative estimate of drug-likeness (QED) is 0.652. The molecule has 0 unspecified atom stereocenters. The molecule has 2 fully saturated rings. The Kier molecular flexibility index (Phi) is 6.85. The van der Waals surface area contributed by atoms with Crippen LogP contribution < -0.4 is 10.0 Å². The standard InChI is InChI=1S/C16H23Cl2N3O3S2/c17-14-9-13(15(18)25-14)16(22)19-10-11-3-6-21(7-4-11)8-5-20-26(23,24)12-1-2-12/h9,11-12,20H,1-8,10H2,(H,19,22). The molecule has 1 aliphatic carbocycles. The van der Waals surface area contributed by atoms with E-state index in [2.05, 4.69) is 14.9 Å². The van der Waals surface area contributed by atoms with E-state index in [0.29, 0.717) is 33.2 Å². The first-order valence-electron chi connectivity index (χ1n) is 8.79. The van der Waals surface area contributed by atoms with Crippen molar-refractivity contribution in [1.29, 1.82) is 0 Å². The Labute approximate surface area is 168 Å². The molecule has 1 aromatic heterocycles. The molecule has 1 saturated heterocycles. The fraction of sp³-hybridized carbons (Fsp3) is 0.688. The monoisotopic (exact) mass is 439 g/mol. The number of rotatable bonds is 8. The number of halogens is 2. The van der Waals surface area contributed by atoms with Gasteiger partial charge in [0.1, 0.15) is 4.34 Å². The molecule has 146 valence electrons. The zero-order valence-corrected chi connectivity index (χ0v) is 17.5. The summed E-state index contributed by atoms with van der Waals surface area (Å²) in [5.41, 5.74) is 0.432. The second kappa shape index (κ2) is 8.75. The number of thiophene rings is 1. The lowest BCUT2D eigenvalue weighted by Gasteiger charge is -2.32. The van der Waals surface area contributed by atoms with E-state index in [1.807, 2.05) is 0 Å². The molecular weight excluding hydrogens is 417 g/mol. The van der Waals surface area contributed by atoms with Crippen LogP contribution in [-0.2, 0) is 10.0 Å². The van der Waals surface area contributed by atoms with E-state index in [1.165, 1.54) is 11.3 Å². The van der Waals surface area contributed by atoms with Crippen LogP contribution in [0, 0.1) is 5.92 Å². The van der Waals surface area contributed by atoms with Gasteiger partial charge in [0.25, 0.3) is 5.91 Å². The Bertz CT molecular complexity index is 742. The number of likely N-dealkylation sites (tertiary alicyclic amines) is 1. The molecular formula is C16H23Cl2N3O3S2. The van der Waals surface area contributed by atoms with Crippen molar-refractivity contribution in [2.75, 3.05) is 32.7 Å².